The second-order valence-corrected chi connectivity index (χ2v) is 8.26. The zero-order chi connectivity index (χ0) is 17.6. The van der Waals surface area contributed by atoms with Gasteiger partial charge in [0.05, 0.1) is 11.9 Å². The predicted octanol–water partition coefficient (Wildman–Crippen LogP) is 2.61. The highest BCUT2D eigenvalue weighted by Crippen LogP contribution is 2.20. The number of anilines is 1. The van der Waals surface area contributed by atoms with Crippen LogP contribution in [0.4, 0.5) is 5.69 Å². The van der Waals surface area contributed by atoms with Gasteiger partial charge < -0.3 is 5.11 Å². The molecule has 24 heavy (non-hydrogen) atoms. The highest BCUT2D eigenvalue weighted by Gasteiger charge is 2.06. The molecule has 0 bridgehead atoms. The molecule has 2 aromatic carbocycles. The van der Waals surface area contributed by atoms with Crippen molar-refractivity contribution in [3.63, 3.8) is 0 Å². The molecule has 0 saturated heterocycles. The van der Waals surface area contributed by atoms with E-state index in [4.69, 9.17) is 11.6 Å². The number of halogens is 1. The molecular weight excluding hydrogens is 368 g/mol. The standard InChI is InChI=1S/C16H17ClN2O3S2/c1-24(21,22)19-15-5-3-2-4-14(15)16(20)18-10-11-23-13-8-6-12(17)7-9-13/h2-9,19H,10-11H2,1H3,(H,18,20)/p-1. The maximum absolute atomic E-state index is 12.2. The van der Waals surface area contributed by atoms with Crippen molar-refractivity contribution in [2.75, 3.05) is 23.3 Å². The van der Waals surface area contributed by atoms with Crippen LogP contribution in [0, 0.1) is 0 Å². The molecule has 0 heterocycles. The van der Waals surface area contributed by atoms with Crippen molar-refractivity contribution in [1.29, 1.82) is 0 Å². The van der Waals surface area contributed by atoms with Crippen molar-refractivity contribution in [3.8, 4) is 0 Å². The van der Waals surface area contributed by atoms with E-state index in [0.717, 1.165) is 11.2 Å². The molecule has 0 spiro atoms. The van der Waals surface area contributed by atoms with Crippen LogP contribution in [0.15, 0.2) is 58.4 Å². The van der Waals surface area contributed by atoms with E-state index in [1.807, 2.05) is 12.1 Å². The van der Waals surface area contributed by atoms with E-state index in [9.17, 15) is 13.5 Å². The first kappa shape index (κ1) is 18.6. The quantitative estimate of drug-likeness (QED) is 0.345. The number of hydrogen-bond acceptors (Lipinski definition) is 5. The molecule has 2 aromatic rings. The fraction of sp³-hybridized carbons (Fsp3) is 0.188. The minimum Gasteiger partial charge on any atom is -0.858 e. The van der Waals surface area contributed by atoms with Crippen molar-refractivity contribution in [1.82, 2.24) is 0 Å². The third-order valence-electron chi connectivity index (χ3n) is 2.88. The van der Waals surface area contributed by atoms with E-state index in [0.29, 0.717) is 17.3 Å². The Bertz CT molecular complexity index is 821. The molecule has 128 valence electrons. The second kappa shape index (κ2) is 8.41. The summed E-state index contributed by atoms with van der Waals surface area (Å²) in [5.41, 5.74) is 0.471. The van der Waals surface area contributed by atoms with Crippen LogP contribution >= 0.6 is 23.4 Å². The smallest absolute Gasteiger partial charge is 0.229 e. The van der Waals surface area contributed by atoms with Gasteiger partial charge in [0, 0.05) is 27.8 Å². The van der Waals surface area contributed by atoms with Gasteiger partial charge in [-0.1, -0.05) is 29.8 Å². The van der Waals surface area contributed by atoms with Crippen LogP contribution in [0.1, 0.15) is 5.56 Å². The number of hydrogen-bond donors (Lipinski definition) is 1. The van der Waals surface area contributed by atoms with Gasteiger partial charge in [-0.05, 0) is 36.2 Å². The third-order valence-corrected chi connectivity index (χ3v) is 4.72. The molecule has 0 radical (unpaired) electrons. The number of rotatable bonds is 7. The molecule has 0 aliphatic carbocycles. The van der Waals surface area contributed by atoms with Gasteiger partial charge in [0.1, 0.15) is 0 Å². The lowest BCUT2D eigenvalue weighted by Gasteiger charge is -2.16. The minimum atomic E-state index is -3.46. The normalized spacial score (nSPS) is 12.2. The van der Waals surface area contributed by atoms with Gasteiger partial charge in [-0.25, -0.2) is 8.42 Å². The SMILES string of the molecule is CS(=O)(=O)Nc1ccccc1C([O-])=NCCSc1ccc(Cl)cc1. The molecular formula is C16H16ClN2O3S2-. The fourth-order valence-corrected chi connectivity index (χ4v) is 3.34. The van der Waals surface area contributed by atoms with E-state index in [2.05, 4.69) is 9.71 Å². The largest absolute Gasteiger partial charge is 0.858 e. The van der Waals surface area contributed by atoms with Crippen molar-refractivity contribution in [3.05, 3.63) is 59.1 Å². The lowest BCUT2D eigenvalue weighted by atomic mass is 10.2. The number of aliphatic imine (C=N–C) groups is 1. The van der Waals surface area contributed by atoms with Gasteiger partial charge in [0.25, 0.3) is 0 Å². The van der Waals surface area contributed by atoms with E-state index in [1.54, 1.807) is 42.1 Å². The van der Waals surface area contributed by atoms with Crippen LogP contribution in [0.2, 0.25) is 5.02 Å². The first-order valence-electron chi connectivity index (χ1n) is 7.02. The lowest BCUT2D eigenvalue weighted by molar-refractivity contribution is -0.213. The number of sulfonamides is 1. The zero-order valence-electron chi connectivity index (χ0n) is 12.9. The number of para-hydroxylation sites is 1. The molecule has 0 saturated carbocycles. The summed E-state index contributed by atoms with van der Waals surface area (Å²) in [5, 5.41) is 12.9. The highest BCUT2D eigenvalue weighted by molar-refractivity contribution is 7.99. The topological polar surface area (TPSA) is 81.6 Å². The molecule has 0 aliphatic rings. The van der Waals surface area contributed by atoms with Crippen LogP contribution in [0.5, 0.6) is 0 Å². The van der Waals surface area contributed by atoms with Crippen molar-refractivity contribution in [2.24, 2.45) is 4.99 Å². The Kier molecular flexibility index (Phi) is 6.53. The van der Waals surface area contributed by atoms with Gasteiger partial charge in [0.2, 0.25) is 10.0 Å². The Morgan fingerprint density at radius 1 is 1.21 bits per heavy atom. The number of nitrogens with one attached hydrogen (secondary N) is 1. The molecule has 0 aromatic heterocycles. The van der Waals surface area contributed by atoms with E-state index < -0.39 is 15.9 Å². The molecule has 2 rings (SSSR count). The maximum Gasteiger partial charge on any atom is 0.229 e. The average molecular weight is 384 g/mol. The Labute approximate surface area is 150 Å². The van der Waals surface area contributed by atoms with Crippen LogP contribution in [0.3, 0.4) is 0 Å². The molecule has 0 fully saturated rings. The minimum absolute atomic E-state index is 0.235. The molecule has 0 amide bonds. The summed E-state index contributed by atoms with van der Waals surface area (Å²) >= 11 is 7.39. The molecule has 0 aliphatic heterocycles. The molecule has 5 nitrogen and oxygen atoms in total. The van der Waals surface area contributed by atoms with Crippen LogP contribution in [-0.2, 0) is 10.0 Å². The van der Waals surface area contributed by atoms with Crippen molar-refractivity contribution >= 4 is 45.0 Å². The fourth-order valence-electron chi connectivity index (χ4n) is 1.89. The maximum atomic E-state index is 12.2. The summed E-state index contributed by atoms with van der Waals surface area (Å²) in [6, 6.07) is 13.8. The molecule has 8 heteroatoms. The van der Waals surface area contributed by atoms with E-state index in [-0.39, 0.29) is 11.3 Å². The first-order chi connectivity index (χ1) is 11.3. The summed E-state index contributed by atoms with van der Waals surface area (Å²) in [7, 11) is -3.46. The van der Waals surface area contributed by atoms with E-state index in [1.165, 1.54) is 6.07 Å². The molecule has 0 atom stereocenters. The lowest BCUT2D eigenvalue weighted by Crippen LogP contribution is -2.22. The summed E-state index contributed by atoms with van der Waals surface area (Å²) in [6.45, 7) is 0.333. The van der Waals surface area contributed by atoms with Gasteiger partial charge in [-0.15, -0.1) is 11.8 Å². The number of thioether (sulfide) groups is 1. The summed E-state index contributed by atoms with van der Waals surface area (Å²) in [6.07, 6.45) is 1.04. The molecule has 0 unspecified atom stereocenters. The zero-order valence-corrected chi connectivity index (χ0v) is 15.3. The summed E-state index contributed by atoms with van der Waals surface area (Å²) in [5.74, 6) is 0.188. The first-order valence-corrected chi connectivity index (χ1v) is 10.3. The highest BCUT2D eigenvalue weighted by atomic mass is 35.5. The van der Waals surface area contributed by atoms with Crippen LogP contribution in [0.25, 0.3) is 0 Å². The number of benzene rings is 2. The Hall–Kier alpha value is -1.70. The summed E-state index contributed by atoms with van der Waals surface area (Å²) < 4.78 is 25.0. The predicted molar refractivity (Wildman–Crippen MR) is 98.5 cm³/mol. The van der Waals surface area contributed by atoms with Gasteiger partial charge in [0.15, 0.2) is 0 Å². The Balaban J connectivity index is 1.99. The number of nitrogens with zero attached hydrogens (tertiary/aromatic N) is 1. The van der Waals surface area contributed by atoms with Crippen LogP contribution in [-0.4, -0.2) is 32.9 Å². The monoisotopic (exact) mass is 383 g/mol. The van der Waals surface area contributed by atoms with Crippen molar-refractivity contribution < 1.29 is 13.5 Å². The van der Waals surface area contributed by atoms with Gasteiger partial charge >= 0.3 is 0 Å². The average Bonchev–Trinajstić information content (AvgIpc) is 2.52. The van der Waals surface area contributed by atoms with Crippen molar-refractivity contribution in [2.45, 2.75) is 4.90 Å². The van der Waals surface area contributed by atoms with Gasteiger partial charge in [-0.2, -0.15) is 0 Å². The summed E-state index contributed by atoms with van der Waals surface area (Å²) in [4.78, 5) is 5.04. The Morgan fingerprint density at radius 2 is 1.88 bits per heavy atom. The van der Waals surface area contributed by atoms with Crippen LogP contribution < -0.4 is 9.83 Å². The third kappa shape index (κ3) is 6.07. The second-order valence-electron chi connectivity index (χ2n) is 4.91. The molecule has 1 N–H and O–H groups in total. The van der Waals surface area contributed by atoms with E-state index >= 15 is 0 Å². The Morgan fingerprint density at radius 3 is 2.54 bits per heavy atom. The van der Waals surface area contributed by atoms with Gasteiger partial charge in [-0.3, -0.25) is 9.71 Å².